The third kappa shape index (κ3) is 6.07. The number of nitrogens with zero attached hydrogens (tertiary/aromatic N) is 6. The van der Waals surface area contributed by atoms with Crippen LogP contribution in [0.5, 0.6) is 11.6 Å². The molecule has 2 aliphatic carbocycles. The van der Waals surface area contributed by atoms with Gasteiger partial charge in [-0.15, -0.1) is 10.2 Å². The lowest BCUT2D eigenvalue weighted by Gasteiger charge is -2.54. The molecule has 5 fully saturated rings. The van der Waals surface area contributed by atoms with Crippen LogP contribution in [0.25, 0.3) is 0 Å². The second-order valence-electron chi connectivity index (χ2n) is 15.8. The second kappa shape index (κ2) is 11.7. The minimum atomic E-state index is -0.484. The Morgan fingerprint density at radius 2 is 1.83 bits per heavy atom. The van der Waals surface area contributed by atoms with Crippen molar-refractivity contribution in [3.8, 4) is 11.6 Å². The monoisotopic (exact) mass is 633 g/mol. The number of hydrogen-bond donors (Lipinski definition) is 1. The van der Waals surface area contributed by atoms with Crippen molar-refractivity contribution in [2.45, 2.75) is 103 Å². The van der Waals surface area contributed by atoms with Crippen molar-refractivity contribution < 1.29 is 18.7 Å². The van der Waals surface area contributed by atoms with Gasteiger partial charge in [0, 0.05) is 48.1 Å². The summed E-state index contributed by atoms with van der Waals surface area (Å²) < 4.78 is 20.6. The van der Waals surface area contributed by atoms with Gasteiger partial charge in [0.25, 0.3) is 11.8 Å². The standard InChI is InChI=1S/C35H48FN7O3/c1-23(2)43(26-6-7-26)31(44)27-17-25(36)5-8-28(27)46-30-29(37-22-38-40-30)42-20-34(21-42)13-15-41(16-14-34)18-24-9-11-35(12-10-24)19-33(3,4)32(45)39-35/h5,8,17,22-24,26H,6-7,9-16,18-21H2,1-4H3,(H,39,45). The van der Waals surface area contributed by atoms with Crippen molar-refractivity contribution in [2.75, 3.05) is 37.6 Å². The molecule has 11 heteroatoms. The predicted octanol–water partition coefficient (Wildman–Crippen LogP) is 5.19. The summed E-state index contributed by atoms with van der Waals surface area (Å²) in [6.45, 7) is 13.2. The van der Waals surface area contributed by atoms with E-state index in [4.69, 9.17) is 4.74 Å². The number of amides is 2. The Balaban J connectivity index is 0.945. The molecular formula is C35H48FN7O3. The lowest BCUT2D eigenvalue weighted by molar-refractivity contribution is -0.126. The molecule has 7 rings (SSSR count). The van der Waals surface area contributed by atoms with E-state index < -0.39 is 5.82 Å². The van der Waals surface area contributed by atoms with E-state index in [1.165, 1.54) is 37.4 Å². The van der Waals surface area contributed by atoms with Crippen LogP contribution in [-0.2, 0) is 4.79 Å². The highest BCUT2D eigenvalue weighted by Crippen LogP contribution is 2.47. The maximum atomic E-state index is 14.4. The molecule has 3 aliphatic heterocycles. The van der Waals surface area contributed by atoms with Crippen LogP contribution in [-0.4, -0.2) is 87.1 Å². The van der Waals surface area contributed by atoms with E-state index in [9.17, 15) is 14.0 Å². The van der Waals surface area contributed by atoms with Crippen LogP contribution < -0.4 is 15.0 Å². The number of hydrogen-bond acceptors (Lipinski definition) is 8. The van der Waals surface area contributed by atoms with Crippen LogP contribution in [0.15, 0.2) is 24.5 Å². The lowest BCUT2D eigenvalue weighted by atomic mass is 9.70. The van der Waals surface area contributed by atoms with Crippen molar-refractivity contribution in [2.24, 2.45) is 16.7 Å². The summed E-state index contributed by atoms with van der Waals surface area (Å²) in [5.41, 5.74) is 0.214. The Morgan fingerprint density at radius 3 is 2.46 bits per heavy atom. The van der Waals surface area contributed by atoms with Gasteiger partial charge in [0.05, 0.1) is 5.56 Å². The Kier molecular flexibility index (Phi) is 7.97. The van der Waals surface area contributed by atoms with Gasteiger partial charge >= 0.3 is 0 Å². The smallest absolute Gasteiger partial charge is 0.282 e. The number of nitrogens with one attached hydrogen (secondary N) is 1. The van der Waals surface area contributed by atoms with Crippen LogP contribution in [0.1, 0.15) is 95.8 Å². The fourth-order valence-electron chi connectivity index (χ4n) is 8.62. The number of anilines is 1. The van der Waals surface area contributed by atoms with Gasteiger partial charge in [0.2, 0.25) is 5.91 Å². The van der Waals surface area contributed by atoms with Gasteiger partial charge < -0.3 is 24.8 Å². The lowest BCUT2D eigenvalue weighted by Crippen LogP contribution is -2.61. The summed E-state index contributed by atoms with van der Waals surface area (Å²) in [7, 11) is 0. The molecule has 0 unspecified atom stereocenters. The zero-order valence-electron chi connectivity index (χ0n) is 27.7. The third-order valence-electron chi connectivity index (χ3n) is 11.3. The Morgan fingerprint density at radius 1 is 1.11 bits per heavy atom. The molecule has 0 atom stereocenters. The second-order valence-corrected chi connectivity index (χ2v) is 15.8. The van der Waals surface area contributed by atoms with Crippen molar-refractivity contribution in [1.29, 1.82) is 0 Å². The van der Waals surface area contributed by atoms with Crippen LogP contribution in [0.3, 0.4) is 0 Å². The summed E-state index contributed by atoms with van der Waals surface area (Å²) in [6, 6.07) is 4.24. The van der Waals surface area contributed by atoms with Gasteiger partial charge in [0.1, 0.15) is 17.9 Å². The van der Waals surface area contributed by atoms with Crippen molar-refractivity contribution in [1.82, 2.24) is 30.3 Å². The Labute approximate surface area is 271 Å². The number of likely N-dealkylation sites (tertiary alicyclic amines) is 1. The minimum Gasteiger partial charge on any atom is -0.434 e. The number of carbonyl (C=O) groups excluding carboxylic acids is 2. The summed E-state index contributed by atoms with van der Waals surface area (Å²) >= 11 is 0. The molecular weight excluding hydrogens is 585 g/mol. The number of piperidine rings is 1. The first-order valence-electron chi connectivity index (χ1n) is 17.2. The largest absolute Gasteiger partial charge is 0.434 e. The summed E-state index contributed by atoms with van der Waals surface area (Å²) in [5, 5.41) is 11.6. The normalized spacial score (nSPS) is 27.1. The van der Waals surface area contributed by atoms with Gasteiger partial charge in [-0.1, -0.05) is 13.8 Å². The van der Waals surface area contributed by atoms with E-state index in [1.807, 2.05) is 18.7 Å². The number of halogens is 1. The molecule has 5 aliphatic rings. The van der Waals surface area contributed by atoms with E-state index in [0.29, 0.717) is 11.7 Å². The average Bonchev–Trinajstić information content (AvgIpc) is 3.80. The first-order chi connectivity index (χ1) is 21.9. The molecule has 1 aromatic heterocycles. The number of aromatic nitrogens is 3. The molecule has 1 aromatic carbocycles. The quantitative estimate of drug-likeness (QED) is 0.424. The molecule has 0 bridgehead atoms. The molecule has 46 heavy (non-hydrogen) atoms. The molecule has 2 amide bonds. The molecule has 4 heterocycles. The number of rotatable bonds is 8. The molecule has 248 valence electrons. The summed E-state index contributed by atoms with van der Waals surface area (Å²) in [6.07, 6.45) is 11.2. The fourth-order valence-corrected chi connectivity index (χ4v) is 8.62. The number of benzene rings is 1. The highest BCUT2D eigenvalue weighted by molar-refractivity contribution is 5.97. The van der Waals surface area contributed by atoms with Crippen molar-refractivity contribution in [3.05, 3.63) is 35.9 Å². The van der Waals surface area contributed by atoms with Crippen molar-refractivity contribution in [3.63, 3.8) is 0 Å². The highest BCUT2D eigenvalue weighted by atomic mass is 19.1. The van der Waals surface area contributed by atoms with Crippen LogP contribution in [0.4, 0.5) is 10.2 Å². The minimum absolute atomic E-state index is 0.00265. The molecule has 1 N–H and O–H groups in total. The number of ether oxygens (including phenoxy) is 1. The Hall–Kier alpha value is -3.34. The molecule has 2 spiro atoms. The fraction of sp³-hybridized carbons (Fsp3) is 0.686. The zero-order valence-corrected chi connectivity index (χ0v) is 27.7. The van der Waals surface area contributed by atoms with Gasteiger partial charge in [0.15, 0.2) is 5.82 Å². The molecule has 3 saturated heterocycles. The van der Waals surface area contributed by atoms with E-state index >= 15 is 0 Å². The molecule has 2 aromatic rings. The first kappa shape index (κ1) is 31.3. The van der Waals surface area contributed by atoms with Gasteiger partial charge in [-0.05, 0) is 109 Å². The van der Waals surface area contributed by atoms with E-state index in [-0.39, 0.29) is 57.5 Å². The van der Waals surface area contributed by atoms with Crippen molar-refractivity contribution >= 4 is 17.6 Å². The van der Waals surface area contributed by atoms with E-state index in [0.717, 1.165) is 77.7 Å². The Bertz CT molecular complexity index is 1470. The predicted molar refractivity (Wildman–Crippen MR) is 172 cm³/mol. The van der Waals surface area contributed by atoms with Crippen LogP contribution in [0.2, 0.25) is 0 Å². The van der Waals surface area contributed by atoms with Crippen LogP contribution in [0, 0.1) is 22.6 Å². The maximum absolute atomic E-state index is 14.4. The zero-order chi connectivity index (χ0) is 32.3. The van der Waals surface area contributed by atoms with Crippen LogP contribution >= 0.6 is 0 Å². The molecule has 2 saturated carbocycles. The van der Waals surface area contributed by atoms with E-state index in [2.05, 4.69) is 44.1 Å². The highest BCUT2D eigenvalue weighted by Gasteiger charge is 2.51. The molecule has 0 radical (unpaired) electrons. The molecule has 10 nitrogen and oxygen atoms in total. The van der Waals surface area contributed by atoms with Gasteiger partial charge in [-0.3, -0.25) is 9.59 Å². The number of carbonyl (C=O) groups is 2. The van der Waals surface area contributed by atoms with Gasteiger partial charge in [-0.2, -0.15) is 0 Å². The first-order valence-corrected chi connectivity index (χ1v) is 17.2. The maximum Gasteiger partial charge on any atom is 0.282 e. The summed E-state index contributed by atoms with van der Waals surface area (Å²) in [4.78, 5) is 37.2. The van der Waals surface area contributed by atoms with Gasteiger partial charge in [-0.25, -0.2) is 9.37 Å². The van der Waals surface area contributed by atoms with E-state index in [1.54, 1.807) is 0 Å². The summed E-state index contributed by atoms with van der Waals surface area (Å²) in [5.74, 6) is 1.30. The SMILES string of the molecule is CC(C)N(C(=O)c1cc(F)ccc1Oc1nncnc1N1CC2(CCN(CC3CCC4(CC3)CC(C)(C)C(=O)N4)CC2)C1)C1CC1. The third-order valence-corrected chi connectivity index (χ3v) is 11.3. The average molecular weight is 634 g/mol. The topological polar surface area (TPSA) is 104 Å².